The van der Waals surface area contributed by atoms with Crippen molar-refractivity contribution in [1.29, 1.82) is 0 Å². The Labute approximate surface area is 216 Å². The summed E-state index contributed by atoms with van der Waals surface area (Å²) >= 11 is 0.859. The number of methoxy groups -OCH3 is 1. The van der Waals surface area contributed by atoms with Crippen molar-refractivity contribution in [1.82, 2.24) is 4.90 Å². The fraction of sp³-hybridized carbons (Fsp3) is 0.0690. The molecule has 184 valence electrons. The van der Waals surface area contributed by atoms with Gasteiger partial charge in [-0.15, -0.1) is 0 Å². The summed E-state index contributed by atoms with van der Waals surface area (Å²) in [7, 11) is 1.40. The van der Waals surface area contributed by atoms with Crippen molar-refractivity contribution >= 4 is 45.7 Å². The minimum absolute atomic E-state index is 0.0944. The number of thioether (sulfide) groups is 1. The van der Waals surface area contributed by atoms with Gasteiger partial charge < -0.3 is 9.47 Å². The summed E-state index contributed by atoms with van der Waals surface area (Å²) in [4.78, 5) is 39.7. The van der Waals surface area contributed by atoms with Gasteiger partial charge in [-0.2, -0.15) is 0 Å². The summed E-state index contributed by atoms with van der Waals surface area (Å²) in [6, 6.07) is 23.8. The molecule has 1 aliphatic rings. The molecule has 0 saturated carbocycles. The highest BCUT2D eigenvalue weighted by atomic mass is 32.2. The number of fused-ring (bicyclic) bond motifs is 1. The Kier molecular flexibility index (Phi) is 6.74. The van der Waals surface area contributed by atoms with Crippen LogP contribution >= 0.6 is 11.8 Å². The lowest BCUT2D eigenvalue weighted by molar-refractivity contribution is -0.123. The third-order valence-corrected chi connectivity index (χ3v) is 6.77. The molecule has 0 aromatic heterocycles. The topological polar surface area (TPSA) is 72.9 Å². The van der Waals surface area contributed by atoms with Crippen LogP contribution in [0.25, 0.3) is 16.8 Å². The van der Waals surface area contributed by atoms with Crippen LogP contribution in [0.2, 0.25) is 0 Å². The third-order valence-electron chi connectivity index (χ3n) is 5.86. The van der Waals surface area contributed by atoms with Gasteiger partial charge in [0.05, 0.1) is 24.1 Å². The molecule has 37 heavy (non-hydrogen) atoms. The molecule has 0 spiro atoms. The number of imide groups is 1. The summed E-state index contributed by atoms with van der Waals surface area (Å²) in [6.07, 6.45) is 1.58. The van der Waals surface area contributed by atoms with Gasteiger partial charge in [0.1, 0.15) is 5.82 Å². The molecule has 1 fully saturated rings. The van der Waals surface area contributed by atoms with Crippen LogP contribution in [-0.4, -0.2) is 29.1 Å². The lowest BCUT2D eigenvalue weighted by atomic mass is 10.0. The van der Waals surface area contributed by atoms with Crippen LogP contribution in [0.5, 0.6) is 11.5 Å². The van der Waals surface area contributed by atoms with Crippen LogP contribution in [0, 0.1) is 5.82 Å². The molecule has 0 aliphatic carbocycles. The molecule has 0 bridgehead atoms. The summed E-state index contributed by atoms with van der Waals surface area (Å²) in [5.74, 6) is -1.64. The van der Waals surface area contributed by atoms with Crippen molar-refractivity contribution in [3.8, 4) is 11.5 Å². The second kappa shape index (κ2) is 10.3. The highest BCUT2D eigenvalue weighted by Crippen LogP contribution is 2.36. The van der Waals surface area contributed by atoms with Gasteiger partial charge in [-0.1, -0.05) is 60.7 Å². The molecule has 2 amide bonds. The first-order chi connectivity index (χ1) is 17.9. The van der Waals surface area contributed by atoms with Crippen LogP contribution < -0.4 is 9.47 Å². The van der Waals surface area contributed by atoms with Gasteiger partial charge in [0, 0.05) is 0 Å². The zero-order valence-corrected chi connectivity index (χ0v) is 20.5. The van der Waals surface area contributed by atoms with Gasteiger partial charge >= 0.3 is 5.97 Å². The number of halogens is 1. The lowest BCUT2D eigenvalue weighted by Gasteiger charge is -2.14. The summed E-state index contributed by atoms with van der Waals surface area (Å²) in [5.41, 5.74) is 1.25. The monoisotopic (exact) mass is 513 g/mol. The molecule has 1 aliphatic heterocycles. The number of ether oxygens (including phenoxy) is 2. The Morgan fingerprint density at radius 2 is 1.70 bits per heavy atom. The Balaban J connectivity index is 1.36. The van der Waals surface area contributed by atoms with Crippen molar-refractivity contribution in [3.05, 3.63) is 112 Å². The van der Waals surface area contributed by atoms with E-state index >= 15 is 0 Å². The summed E-state index contributed by atoms with van der Waals surface area (Å²) in [5, 5.41) is 1.66. The molecule has 0 atom stereocenters. The van der Waals surface area contributed by atoms with E-state index in [-0.39, 0.29) is 33.8 Å². The lowest BCUT2D eigenvalue weighted by Crippen LogP contribution is -2.27. The molecule has 8 heteroatoms. The van der Waals surface area contributed by atoms with E-state index in [0.717, 1.165) is 28.1 Å². The van der Waals surface area contributed by atoms with Crippen molar-refractivity contribution in [2.75, 3.05) is 7.11 Å². The van der Waals surface area contributed by atoms with Crippen LogP contribution in [0.3, 0.4) is 0 Å². The fourth-order valence-electron chi connectivity index (χ4n) is 4.03. The van der Waals surface area contributed by atoms with E-state index in [9.17, 15) is 18.8 Å². The second-order valence-corrected chi connectivity index (χ2v) is 9.18. The number of amides is 2. The fourth-order valence-corrected chi connectivity index (χ4v) is 4.87. The minimum Gasteiger partial charge on any atom is -0.493 e. The SMILES string of the molecule is COc1cc(/C=C2\SC(=O)N(Cc3cccc4ccccc34)C2=O)ccc1OC(=O)c1ccccc1F. The minimum atomic E-state index is -0.862. The first-order valence-corrected chi connectivity index (χ1v) is 12.1. The molecule has 4 aromatic rings. The van der Waals surface area contributed by atoms with Crippen molar-refractivity contribution in [3.63, 3.8) is 0 Å². The Hall–Kier alpha value is -4.43. The quantitative estimate of drug-likeness (QED) is 0.168. The average Bonchev–Trinajstić information content (AvgIpc) is 3.17. The number of rotatable bonds is 6. The molecule has 5 rings (SSSR count). The maximum atomic E-state index is 13.9. The zero-order chi connectivity index (χ0) is 25.9. The van der Waals surface area contributed by atoms with Gasteiger partial charge in [0.15, 0.2) is 11.5 Å². The highest BCUT2D eigenvalue weighted by Gasteiger charge is 2.35. The van der Waals surface area contributed by atoms with Crippen LogP contribution in [0.1, 0.15) is 21.5 Å². The average molecular weight is 514 g/mol. The number of hydrogen-bond donors (Lipinski definition) is 0. The first kappa shape index (κ1) is 24.3. The van der Waals surface area contributed by atoms with Crippen LogP contribution in [0.4, 0.5) is 9.18 Å². The van der Waals surface area contributed by atoms with Gasteiger partial charge in [-0.05, 0) is 64.0 Å². The predicted octanol–water partition coefficient (Wildman–Crippen LogP) is 6.44. The third kappa shape index (κ3) is 4.96. The normalized spacial score (nSPS) is 14.4. The molecular formula is C29H20FNO5S. The molecule has 0 N–H and O–H groups in total. The number of esters is 1. The number of carbonyl (C=O) groups excluding carboxylic acids is 3. The Bertz CT molecular complexity index is 1580. The molecular weight excluding hydrogens is 493 g/mol. The molecule has 1 saturated heterocycles. The predicted molar refractivity (Wildman–Crippen MR) is 140 cm³/mol. The Morgan fingerprint density at radius 3 is 2.51 bits per heavy atom. The standard InChI is InChI=1S/C29H20FNO5S/c1-35-25-15-18(13-14-24(25)36-28(33)22-11-4-5-12-23(22)30)16-26-27(32)31(29(34)37-26)17-20-9-6-8-19-7-2-3-10-21(19)20/h2-16H,17H2,1H3/b26-16-. The number of benzene rings is 4. The van der Waals surface area contributed by atoms with E-state index in [1.54, 1.807) is 18.2 Å². The molecule has 0 unspecified atom stereocenters. The van der Waals surface area contributed by atoms with Gasteiger partial charge in [0.25, 0.3) is 11.1 Å². The molecule has 0 radical (unpaired) electrons. The summed E-state index contributed by atoms with van der Waals surface area (Å²) < 4.78 is 24.6. The molecule has 4 aromatic carbocycles. The smallest absolute Gasteiger partial charge is 0.346 e. The van der Waals surface area contributed by atoms with Crippen molar-refractivity contribution < 1.29 is 28.2 Å². The summed E-state index contributed by atoms with van der Waals surface area (Å²) in [6.45, 7) is 0.164. The van der Waals surface area contributed by atoms with Gasteiger partial charge in [-0.3, -0.25) is 14.5 Å². The largest absolute Gasteiger partial charge is 0.493 e. The number of nitrogens with zero attached hydrogens (tertiary/aromatic N) is 1. The maximum absolute atomic E-state index is 13.9. The van der Waals surface area contributed by atoms with E-state index < -0.39 is 17.7 Å². The van der Waals surface area contributed by atoms with E-state index in [0.29, 0.717) is 5.56 Å². The van der Waals surface area contributed by atoms with Gasteiger partial charge in [0.2, 0.25) is 0 Å². The second-order valence-electron chi connectivity index (χ2n) is 8.19. The van der Waals surface area contributed by atoms with Crippen molar-refractivity contribution in [2.24, 2.45) is 0 Å². The Morgan fingerprint density at radius 1 is 0.946 bits per heavy atom. The highest BCUT2D eigenvalue weighted by molar-refractivity contribution is 8.18. The van der Waals surface area contributed by atoms with Crippen LogP contribution in [-0.2, 0) is 11.3 Å². The van der Waals surface area contributed by atoms with Crippen LogP contribution in [0.15, 0.2) is 89.8 Å². The zero-order valence-electron chi connectivity index (χ0n) is 19.6. The van der Waals surface area contributed by atoms with E-state index in [1.807, 2.05) is 42.5 Å². The number of hydrogen-bond acceptors (Lipinski definition) is 6. The van der Waals surface area contributed by atoms with E-state index in [2.05, 4.69) is 0 Å². The molecule has 6 nitrogen and oxygen atoms in total. The first-order valence-electron chi connectivity index (χ1n) is 11.3. The number of carbonyl (C=O) groups is 3. The van der Waals surface area contributed by atoms with Gasteiger partial charge in [-0.25, -0.2) is 9.18 Å². The van der Waals surface area contributed by atoms with Crippen molar-refractivity contribution in [2.45, 2.75) is 6.54 Å². The van der Waals surface area contributed by atoms with E-state index in [4.69, 9.17) is 9.47 Å². The molecule has 1 heterocycles. The maximum Gasteiger partial charge on any atom is 0.346 e. The van der Waals surface area contributed by atoms with E-state index in [1.165, 1.54) is 42.3 Å².